The van der Waals surface area contributed by atoms with Crippen molar-refractivity contribution in [3.05, 3.63) is 101 Å². The third kappa shape index (κ3) is 6.45. The molecule has 1 N–H and O–H groups in total. The van der Waals surface area contributed by atoms with Crippen LogP contribution < -0.4 is 19.9 Å². The summed E-state index contributed by atoms with van der Waals surface area (Å²) < 4.78 is 45.7. The van der Waals surface area contributed by atoms with Crippen molar-refractivity contribution in [3.8, 4) is 11.8 Å². The topological polar surface area (TPSA) is 103 Å². The number of nitrogens with zero attached hydrogens (tertiary/aromatic N) is 3. The number of hydrogen-bond donors (Lipinski definition) is 1. The number of anilines is 2. The van der Waals surface area contributed by atoms with Crippen LogP contribution in [0.15, 0.2) is 78.9 Å². The van der Waals surface area contributed by atoms with Gasteiger partial charge in [-0.25, -0.2) is 4.39 Å². The molecule has 0 spiro atoms. The van der Waals surface area contributed by atoms with Gasteiger partial charge in [0.15, 0.2) is 0 Å². The maximum absolute atomic E-state index is 14.4. The van der Waals surface area contributed by atoms with Crippen LogP contribution in [-0.2, 0) is 16.1 Å². The van der Waals surface area contributed by atoms with Crippen molar-refractivity contribution in [1.82, 2.24) is 5.32 Å². The number of carbonyl (C=O) groups is 3. The van der Waals surface area contributed by atoms with Crippen LogP contribution in [0.3, 0.4) is 0 Å². The van der Waals surface area contributed by atoms with Gasteiger partial charge in [0, 0.05) is 17.0 Å². The maximum atomic E-state index is 14.4. The molecule has 0 aromatic heterocycles. The molecule has 1 aliphatic rings. The number of nitrogens with one attached hydrogen (secondary N) is 1. The number of amides is 3. The van der Waals surface area contributed by atoms with E-state index in [4.69, 9.17) is 4.74 Å². The van der Waals surface area contributed by atoms with E-state index < -0.39 is 42.1 Å². The summed E-state index contributed by atoms with van der Waals surface area (Å²) in [5.74, 6) is -2.77. The zero-order valence-corrected chi connectivity index (χ0v) is 24.5. The SMILES string of the molecule is CC[C@@H](C)C(=O)N[C@H]1CN(C(=O)c2ccc(F)cc2)c2cc(C#N)ccc2N(Cc2c(OC(F)F)ccc3ccccc23)C1=O. The highest BCUT2D eigenvalue weighted by Gasteiger charge is 2.38. The van der Waals surface area contributed by atoms with Crippen LogP contribution in [0.1, 0.15) is 41.8 Å². The first-order valence-corrected chi connectivity index (χ1v) is 14.3. The van der Waals surface area contributed by atoms with Gasteiger partial charge in [0.25, 0.3) is 11.8 Å². The molecule has 4 aromatic rings. The fourth-order valence-electron chi connectivity index (χ4n) is 5.26. The predicted octanol–water partition coefficient (Wildman–Crippen LogP) is 6.18. The van der Waals surface area contributed by atoms with Crippen molar-refractivity contribution in [2.75, 3.05) is 16.3 Å². The number of rotatable bonds is 8. The molecule has 0 saturated carbocycles. The predicted molar refractivity (Wildman–Crippen MR) is 162 cm³/mol. The van der Waals surface area contributed by atoms with E-state index in [1.165, 1.54) is 46.2 Å². The molecule has 3 amide bonds. The van der Waals surface area contributed by atoms with Crippen molar-refractivity contribution in [1.29, 1.82) is 5.26 Å². The molecule has 0 saturated heterocycles. The van der Waals surface area contributed by atoms with E-state index in [2.05, 4.69) is 5.32 Å². The Kier molecular flexibility index (Phi) is 9.04. The largest absolute Gasteiger partial charge is 0.434 e. The number of carbonyl (C=O) groups excluding carboxylic acids is 3. The number of ether oxygens (including phenoxy) is 1. The molecule has 1 heterocycles. The molecule has 0 fully saturated rings. The minimum atomic E-state index is -3.14. The van der Waals surface area contributed by atoms with Gasteiger partial charge in [-0.3, -0.25) is 14.4 Å². The molecular formula is C34H29F3N4O4. The quantitative estimate of drug-likeness (QED) is 0.256. The van der Waals surface area contributed by atoms with E-state index in [1.54, 1.807) is 37.3 Å². The molecule has 5 rings (SSSR count). The molecule has 0 radical (unpaired) electrons. The summed E-state index contributed by atoms with van der Waals surface area (Å²) in [6.07, 6.45) is 0.491. The molecule has 4 aromatic carbocycles. The van der Waals surface area contributed by atoms with Crippen molar-refractivity contribution in [3.63, 3.8) is 0 Å². The summed E-state index contributed by atoms with van der Waals surface area (Å²) in [5.41, 5.74) is 0.952. The highest BCUT2D eigenvalue weighted by Crippen LogP contribution is 2.38. The number of benzene rings is 4. The first-order chi connectivity index (χ1) is 21.6. The van der Waals surface area contributed by atoms with Crippen molar-refractivity contribution < 1.29 is 32.3 Å². The Morgan fingerprint density at radius 3 is 2.47 bits per heavy atom. The van der Waals surface area contributed by atoms with Gasteiger partial charge in [-0.2, -0.15) is 14.0 Å². The summed E-state index contributed by atoms with van der Waals surface area (Å²) in [7, 11) is 0. The zero-order valence-electron chi connectivity index (χ0n) is 24.5. The number of alkyl halides is 2. The second-order valence-electron chi connectivity index (χ2n) is 10.7. The van der Waals surface area contributed by atoms with Crippen molar-refractivity contribution in [2.45, 2.75) is 39.5 Å². The molecule has 8 nitrogen and oxygen atoms in total. The smallest absolute Gasteiger partial charge is 0.387 e. The average Bonchev–Trinajstić information content (AvgIpc) is 3.15. The second kappa shape index (κ2) is 13.1. The van der Waals surface area contributed by atoms with E-state index in [1.807, 2.05) is 13.0 Å². The first kappa shape index (κ1) is 31.1. The molecule has 0 bridgehead atoms. The van der Waals surface area contributed by atoms with Crippen molar-refractivity contribution in [2.24, 2.45) is 5.92 Å². The highest BCUT2D eigenvalue weighted by atomic mass is 19.3. The number of halogens is 3. The third-order valence-electron chi connectivity index (χ3n) is 7.86. The van der Waals surface area contributed by atoms with Gasteiger partial charge in [-0.15, -0.1) is 0 Å². The first-order valence-electron chi connectivity index (χ1n) is 14.3. The Bertz CT molecular complexity index is 1810. The van der Waals surface area contributed by atoms with Crippen LogP contribution >= 0.6 is 0 Å². The molecule has 0 unspecified atom stereocenters. The Labute approximate surface area is 257 Å². The molecule has 1 aliphatic heterocycles. The number of nitriles is 1. The lowest BCUT2D eigenvalue weighted by Crippen LogP contribution is -2.53. The summed E-state index contributed by atoms with van der Waals surface area (Å²) >= 11 is 0. The fraction of sp³-hybridized carbons (Fsp3) is 0.235. The Morgan fingerprint density at radius 1 is 1.04 bits per heavy atom. The third-order valence-corrected chi connectivity index (χ3v) is 7.86. The van der Waals surface area contributed by atoms with Gasteiger partial charge in [-0.05, 0) is 65.7 Å². The van der Waals surface area contributed by atoms with Crippen LogP contribution in [0, 0.1) is 23.1 Å². The van der Waals surface area contributed by atoms with E-state index >= 15 is 0 Å². The van der Waals surface area contributed by atoms with Crippen LogP contribution in [-0.4, -0.2) is 36.9 Å². The lowest BCUT2D eigenvalue weighted by molar-refractivity contribution is -0.129. The lowest BCUT2D eigenvalue weighted by Gasteiger charge is -2.27. The van der Waals surface area contributed by atoms with Crippen LogP contribution in [0.25, 0.3) is 10.8 Å². The lowest BCUT2D eigenvalue weighted by atomic mass is 10.0. The van der Waals surface area contributed by atoms with Crippen molar-refractivity contribution >= 4 is 39.9 Å². The number of hydrogen-bond acceptors (Lipinski definition) is 5. The normalized spacial score (nSPS) is 15.3. The zero-order chi connectivity index (χ0) is 32.2. The van der Waals surface area contributed by atoms with E-state index in [0.29, 0.717) is 17.2 Å². The Morgan fingerprint density at radius 2 is 1.78 bits per heavy atom. The summed E-state index contributed by atoms with van der Waals surface area (Å²) in [6.45, 7) is -0.198. The second-order valence-corrected chi connectivity index (χ2v) is 10.7. The van der Waals surface area contributed by atoms with E-state index in [9.17, 15) is 32.8 Å². The monoisotopic (exact) mass is 614 g/mol. The highest BCUT2D eigenvalue weighted by molar-refractivity contribution is 6.13. The van der Waals surface area contributed by atoms with Crippen LogP contribution in [0.4, 0.5) is 24.5 Å². The van der Waals surface area contributed by atoms with E-state index in [-0.39, 0.29) is 46.9 Å². The molecule has 0 aliphatic carbocycles. The Hall–Kier alpha value is -5.37. The fourth-order valence-corrected chi connectivity index (χ4v) is 5.26. The Balaban J connectivity index is 1.70. The minimum absolute atomic E-state index is 0.110. The molecule has 45 heavy (non-hydrogen) atoms. The molecule has 11 heteroatoms. The van der Waals surface area contributed by atoms with Gasteiger partial charge in [0.05, 0.1) is 36.1 Å². The van der Waals surface area contributed by atoms with E-state index in [0.717, 1.165) is 12.1 Å². The standard InChI is InChI=1S/C34H29F3N4O4/c1-3-20(2)31(42)39-27-19-41(32(43)23-9-12-24(35)13-10-23)29-16-21(17-38)8-14-28(29)40(33(27)44)18-26-25-7-5-4-6-22(25)11-15-30(26)45-34(36)37/h4-16,20,27,34H,3,18-19H2,1-2H3,(H,39,42)/t20-,27+/m1/s1. The minimum Gasteiger partial charge on any atom is -0.434 e. The van der Waals surface area contributed by atoms with Crippen LogP contribution in [0.5, 0.6) is 5.75 Å². The number of fused-ring (bicyclic) bond motifs is 2. The molecular weight excluding hydrogens is 585 g/mol. The molecule has 2 atom stereocenters. The van der Waals surface area contributed by atoms with Crippen LogP contribution in [0.2, 0.25) is 0 Å². The van der Waals surface area contributed by atoms with Gasteiger partial charge in [-0.1, -0.05) is 44.2 Å². The molecule has 230 valence electrons. The van der Waals surface area contributed by atoms with Gasteiger partial charge in [0.1, 0.15) is 17.6 Å². The van der Waals surface area contributed by atoms with Gasteiger partial charge < -0.3 is 19.9 Å². The summed E-state index contributed by atoms with van der Waals surface area (Å²) in [6, 6.07) is 20.1. The summed E-state index contributed by atoms with van der Waals surface area (Å²) in [5, 5.41) is 13.8. The van der Waals surface area contributed by atoms with Gasteiger partial charge >= 0.3 is 6.61 Å². The average molecular weight is 615 g/mol. The summed E-state index contributed by atoms with van der Waals surface area (Å²) in [4.78, 5) is 44.0. The maximum Gasteiger partial charge on any atom is 0.387 e. The van der Waals surface area contributed by atoms with Gasteiger partial charge in [0.2, 0.25) is 5.91 Å².